The Labute approximate surface area is 122 Å². The summed E-state index contributed by atoms with van der Waals surface area (Å²) in [5, 5.41) is 1.04. The molecule has 1 rings (SSSR count). The molecule has 0 aliphatic rings. The molecule has 0 aromatic heterocycles. The van der Waals surface area contributed by atoms with Gasteiger partial charge in [0.15, 0.2) is 0 Å². The number of benzene rings is 1. The van der Waals surface area contributed by atoms with Crippen LogP contribution in [0.2, 0.25) is 5.02 Å². The van der Waals surface area contributed by atoms with Gasteiger partial charge in [0.05, 0.1) is 11.4 Å². The number of alkyl halides is 1. The molecule has 1 atom stereocenters. The molecule has 0 spiro atoms. The van der Waals surface area contributed by atoms with E-state index < -0.39 is 0 Å². The van der Waals surface area contributed by atoms with Crippen molar-refractivity contribution in [3.63, 3.8) is 0 Å². The summed E-state index contributed by atoms with van der Waals surface area (Å²) in [5.41, 5.74) is 0.868. The van der Waals surface area contributed by atoms with Crippen LogP contribution >= 0.6 is 27.5 Å². The maximum absolute atomic E-state index is 12.1. The fraction of sp³-hybridized carbons (Fsp3) is 0.500. The Balaban J connectivity index is 3.06. The van der Waals surface area contributed by atoms with Gasteiger partial charge in [-0.2, -0.15) is 0 Å². The number of hydrogen-bond donors (Lipinski definition) is 0. The first kappa shape index (κ1) is 15.5. The highest BCUT2D eigenvalue weighted by Crippen LogP contribution is 2.29. The summed E-state index contributed by atoms with van der Waals surface area (Å²) < 4.78 is 0. The van der Waals surface area contributed by atoms with Crippen molar-refractivity contribution < 1.29 is 4.79 Å². The third-order valence-corrected chi connectivity index (χ3v) is 3.58. The normalized spacial score (nSPS) is 13.2. The third kappa shape index (κ3) is 3.72. The highest BCUT2D eigenvalue weighted by molar-refractivity contribution is 9.09. The maximum atomic E-state index is 12.1. The molecule has 0 aliphatic carbocycles. The molecule has 0 N–H and O–H groups in total. The molecule has 0 bridgehead atoms. The zero-order valence-corrected chi connectivity index (χ0v) is 13.5. The molecule has 1 aromatic rings. The van der Waals surface area contributed by atoms with Crippen LogP contribution < -0.4 is 0 Å². The number of carbonyl (C=O) groups is 1. The van der Waals surface area contributed by atoms with E-state index in [0.717, 1.165) is 5.56 Å². The van der Waals surface area contributed by atoms with Gasteiger partial charge < -0.3 is 4.90 Å². The molecule has 0 saturated heterocycles. The lowest BCUT2D eigenvalue weighted by Crippen LogP contribution is -2.47. The van der Waals surface area contributed by atoms with E-state index in [2.05, 4.69) is 15.9 Å². The largest absolute Gasteiger partial charge is 0.330 e. The van der Waals surface area contributed by atoms with Crippen molar-refractivity contribution in [1.82, 2.24) is 4.90 Å². The fourth-order valence-corrected chi connectivity index (χ4v) is 2.52. The molecule has 18 heavy (non-hydrogen) atoms. The highest BCUT2D eigenvalue weighted by Gasteiger charge is 2.30. The first-order chi connectivity index (χ1) is 8.27. The summed E-state index contributed by atoms with van der Waals surface area (Å²) in [6.45, 7) is 8.16. The van der Waals surface area contributed by atoms with Gasteiger partial charge in [-0.3, -0.25) is 4.79 Å². The van der Waals surface area contributed by atoms with Gasteiger partial charge in [-0.15, -0.1) is 0 Å². The van der Waals surface area contributed by atoms with E-state index in [1.54, 1.807) is 0 Å². The average Bonchev–Trinajstić information content (AvgIpc) is 2.27. The molecule has 0 saturated carbocycles. The third-order valence-electron chi connectivity index (χ3n) is 2.85. The summed E-state index contributed by atoms with van der Waals surface area (Å²) in [6.07, 6.45) is 0. The van der Waals surface area contributed by atoms with Crippen molar-refractivity contribution in [3.05, 3.63) is 34.9 Å². The minimum atomic E-state index is -0.218. The second-order valence-corrected chi connectivity index (χ2v) is 6.29. The summed E-state index contributed by atoms with van der Waals surface area (Å²) >= 11 is 9.14. The van der Waals surface area contributed by atoms with Gasteiger partial charge in [0.2, 0.25) is 5.91 Å². The Hall–Kier alpha value is -0.540. The van der Waals surface area contributed by atoms with Crippen LogP contribution in [0.3, 0.4) is 0 Å². The second-order valence-electron chi connectivity index (χ2n) is 5.30. The molecule has 1 unspecified atom stereocenters. The van der Waals surface area contributed by atoms with Crippen molar-refractivity contribution in [2.45, 2.75) is 39.3 Å². The molecular weight excluding hydrogens is 314 g/mol. The van der Waals surface area contributed by atoms with Crippen LogP contribution in [-0.4, -0.2) is 21.7 Å². The summed E-state index contributed by atoms with van der Waals surface area (Å²) in [7, 11) is 0. The predicted molar refractivity (Wildman–Crippen MR) is 80.3 cm³/mol. The zero-order chi connectivity index (χ0) is 13.9. The highest BCUT2D eigenvalue weighted by atomic mass is 79.9. The second kappa shape index (κ2) is 6.07. The number of hydrogen-bond acceptors (Lipinski definition) is 1. The Morgan fingerprint density at radius 1 is 1.33 bits per heavy atom. The quantitative estimate of drug-likeness (QED) is 0.750. The maximum Gasteiger partial charge on any atom is 0.234 e. The van der Waals surface area contributed by atoms with Crippen LogP contribution in [-0.2, 0) is 4.79 Å². The minimum absolute atomic E-state index is 0.0207. The molecule has 0 aliphatic heterocycles. The summed E-state index contributed by atoms with van der Waals surface area (Å²) in [4.78, 5) is 14.0. The van der Waals surface area contributed by atoms with E-state index in [0.29, 0.717) is 10.4 Å². The van der Waals surface area contributed by atoms with Crippen LogP contribution in [0.5, 0.6) is 0 Å². The van der Waals surface area contributed by atoms with Gasteiger partial charge in [0.1, 0.15) is 0 Å². The molecule has 0 heterocycles. The molecule has 1 amide bonds. The summed E-state index contributed by atoms with van der Waals surface area (Å²) in [5.74, 6) is 0.0879. The van der Waals surface area contributed by atoms with Gasteiger partial charge in [0.25, 0.3) is 0 Å². The Bertz CT molecular complexity index is 411. The molecule has 0 radical (unpaired) electrons. The van der Waals surface area contributed by atoms with Crippen molar-refractivity contribution in [2.75, 3.05) is 5.33 Å². The number of amides is 1. The molecule has 4 heteroatoms. The van der Waals surface area contributed by atoms with E-state index in [1.165, 1.54) is 0 Å². The molecule has 1 aromatic carbocycles. The van der Waals surface area contributed by atoms with Gasteiger partial charge in [0, 0.05) is 10.6 Å². The Morgan fingerprint density at radius 3 is 2.22 bits per heavy atom. The standard InChI is InChI=1S/C14H19BrClNO/c1-10(11-5-7-12(16)8-6-11)17(13(18)9-15)14(2,3)4/h5-8,10H,9H2,1-4H3. The lowest BCUT2D eigenvalue weighted by Gasteiger charge is -2.40. The van der Waals surface area contributed by atoms with Crippen molar-refractivity contribution >= 4 is 33.4 Å². The van der Waals surface area contributed by atoms with E-state index >= 15 is 0 Å². The van der Waals surface area contributed by atoms with E-state index in [4.69, 9.17) is 11.6 Å². The number of nitrogens with zero attached hydrogens (tertiary/aromatic N) is 1. The number of halogens is 2. The molecule has 2 nitrogen and oxygen atoms in total. The zero-order valence-electron chi connectivity index (χ0n) is 11.2. The van der Waals surface area contributed by atoms with E-state index in [1.807, 2.05) is 56.9 Å². The number of carbonyl (C=O) groups excluding carboxylic acids is 1. The Morgan fingerprint density at radius 2 is 1.83 bits per heavy atom. The molecular formula is C14H19BrClNO. The first-order valence-electron chi connectivity index (χ1n) is 5.91. The van der Waals surface area contributed by atoms with Crippen LogP contribution in [0.1, 0.15) is 39.3 Å². The van der Waals surface area contributed by atoms with Crippen molar-refractivity contribution in [1.29, 1.82) is 0 Å². The van der Waals surface area contributed by atoms with E-state index in [9.17, 15) is 4.79 Å². The lowest BCUT2D eigenvalue weighted by atomic mass is 9.99. The topological polar surface area (TPSA) is 20.3 Å². The van der Waals surface area contributed by atoms with Gasteiger partial charge in [-0.25, -0.2) is 0 Å². The van der Waals surface area contributed by atoms with Crippen LogP contribution in [0.4, 0.5) is 0 Å². The van der Waals surface area contributed by atoms with E-state index in [-0.39, 0.29) is 17.5 Å². The number of rotatable bonds is 3. The SMILES string of the molecule is CC(c1ccc(Cl)cc1)N(C(=O)CBr)C(C)(C)C. The fourth-order valence-electron chi connectivity index (χ4n) is 2.13. The van der Waals surface area contributed by atoms with Gasteiger partial charge in [-0.1, -0.05) is 39.7 Å². The molecule has 0 fully saturated rings. The average molecular weight is 333 g/mol. The van der Waals surface area contributed by atoms with Crippen LogP contribution in [0, 0.1) is 0 Å². The summed E-state index contributed by atoms with van der Waals surface area (Å²) in [6, 6.07) is 7.66. The van der Waals surface area contributed by atoms with Crippen molar-refractivity contribution in [3.8, 4) is 0 Å². The van der Waals surface area contributed by atoms with Crippen LogP contribution in [0.15, 0.2) is 24.3 Å². The smallest absolute Gasteiger partial charge is 0.234 e. The Kier molecular flexibility index (Phi) is 5.23. The molecule has 100 valence electrons. The monoisotopic (exact) mass is 331 g/mol. The van der Waals surface area contributed by atoms with Gasteiger partial charge in [-0.05, 0) is 45.4 Å². The first-order valence-corrected chi connectivity index (χ1v) is 7.41. The van der Waals surface area contributed by atoms with Crippen LogP contribution in [0.25, 0.3) is 0 Å². The lowest BCUT2D eigenvalue weighted by molar-refractivity contribution is -0.135. The van der Waals surface area contributed by atoms with Crippen molar-refractivity contribution in [2.24, 2.45) is 0 Å². The van der Waals surface area contributed by atoms with Gasteiger partial charge >= 0.3 is 0 Å². The predicted octanol–water partition coefficient (Wildman–Crippen LogP) is 4.42. The minimum Gasteiger partial charge on any atom is -0.330 e.